The standard InChI is InChI=1S/C9H13ClN2OS/c1-14(13)7-3-6-12-9-8(10)4-2-5-11-9/h2,4-5H,3,6-7H2,1H3,(H,11,12). The quantitative estimate of drug-likeness (QED) is 0.789. The molecule has 0 fully saturated rings. The van der Waals surface area contributed by atoms with Gasteiger partial charge in [-0.2, -0.15) is 0 Å². The van der Waals surface area contributed by atoms with Crippen LogP contribution in [0.5, 0.6) is 0 Å². The van der Waals surface area contributed by atoms with Gasteiger partial charge in [-0.3, -0.25) is 4.21 Å². The van der Waals surface area contributed by atoms with Crippen LogP contribution in [0.1, 0.15) is 6.42 Å². The maximum Gasteiger partial charge on any atom is 0.144 e. The SMILES string of the molecule is CS(=O)CCCNc1ncccc1Cl. The summed E-state index contributed by atoms with van der Waals surface area (Å²) in [5.74, 6) is 1.40. The average molecular weight is 233 g/mol. The first-order valence-electron chi connectivity index (χ1n) is 4.34. The van der Waals surface area contributed by atoms with Gasteiger partial charge in [0.15, 0.2) is 0 Å². The Hall–Kier alpha value is -0.610. The molecule has 5 heteroatoms. The zero-order chi connectivity index (χ0) is 10.4. The molecular formula is C9H13ClN2OS. The Morgan fingerprint density at radius 1 is 1.64 bits per heavy atom. The van der Waals surface area contributed by atoms with Gasteiger partial charge in [0.25, 0.3) is 0 Å². The smallest absolute Gasteiger partial charge is 0.144 e. The lowest BCUT2D eigenvalue weighted by Crippen LogP contribution is -2.07. The number of nitrogens with zero attached hydrogens (tertiary/aromatic N) is 1. The molecule has 0 spiro atoms. The number of hydrogen-bond acceptors (Lipinski definition) is 3. The maximum atomic E-state index is 10.8. The van der Waals surface area contributed by atoms with E-state index in [-0.39, 0.29) is 0 Å². The molecule has 0 aliphatic heterocycles. The van der Waals surface area contributed by atoms with Crippen molar-refractivity contribution in [2.45, 2.75) is 6.42 Å². The Kier molecular flexibility index (Phi) is 4.90. The summed E-state index contributed by atoms with van der Waals surface area (Å²) in [6.45, 7) is 0.746. The fraction of sp³-hybridized carbons (Fsp3) is 0.444. The van der Waals surface area contributed by atoms with Crippen molar-refractivity contribution in [2.24, 2.45) is 0 Å². The van der Waals surface area contributed by atoms with Gasteiger partial charge in [-0.1, -0.05) is 11.6 Å². The first kappa shape index (κ1) is 11.5. The van der Waals surface area contributed by atoms with Gasteiger partial charge in [-0.15, -0.1) is 0 Å². The number of halogens is 1. The van der Waals surface area contributed by atoms with Crippen molar-refractivity contribution < 1.29 is 4.21 Å². The monoisotopic (exact) mass is 232 g/mol. The van der Waals surface area contributed by atoms with Crippen LogP contribution < -0.4 is 5.32 Å². The summed E-state index contributed by atoms with van der Waals surface area (Å²) in [6.07, 6.45) is 4.25. The van der Waals surface area contributed by atoms with Crippen LogP contribution in [0.4, 0.5) is 5.82 Å². The highest BCUT2D eigenvalue weighted by atomic mass is 35.5. The van der Waals surface area contributed by atoms with Crippen molar-refractivity contribution in [1.82, 2.24) is 4.98 Å². The van der Waals surface area contributed by atoms with Crippen molar-refractivity contribution >= 4 is 28.2 Å². The van der Waals surface area contributed by atoms with E-state index in [1.165, 1.54) is 0 Å². The lowest BCUT2D eigenvalue weighted by molar-refractivity contribution is 0.685. The summed E-state index contributed by atoms with van der Waals surface area (Å²) in [6, 6.07) is 3.57. The molecule has 0 saturated heterocycles. The Morgan fingerprint density at radius 2 is 2.43 bits per heavy atom. The molecule has 3 nitrogen and oxygen atoms in total. The van der Waals surface area contributed by atoms with Gasteiger partial charge in [0, 0.05) is 35.5 Å². The Labute approximate surface area is 91.3 Å². The largest absolute Gasteiger partial charge is 0.369 e. The Balaban J connectivity index is 2.31. The number of anilines is 1. The number of pyridine rings is 1. The Morgan fingerprint density at radius 3 is 3.07 bits per heavy atom. The lowest BCUT2D eigenvalue weighted by Gasteiger charge is -2.05. The van der Waals surface area contributed by atoms with E-state index in [0.717, 1.165) is 13.0 Å². The van der Waals surface area contributed by atoms with Crippen LogP contribution in [-0.2, 0) is 10.8 Å². The highest BCUT2D eigenvalue weighted by molar-refractivity contribution is 7.84. The van der Waals surface area contributed by atoms with E-state index in [9.17, 15) is 4.21 Å². The molecule has 0 aliphatic carbocycles. The van der Waals surface area contributed by atoms with E-state index in [1.807, 2.05) is 0 Å². The van der Waals surface area contributed by atoms with E-state index >= 15 is 0 Å². The van der Waals surface area contributed by atoms with Crippen LogP contribution in [-0.4, -0.2) is 27.7 Å². The summed E-state index contributed by atoms with van der Waals surface area (Å²) in [7, 11) is -0.722. The molecule has 0 saturated carbocycles. The van der Waals surface area contributed by atoms with E-state index in [0.29, 0.717) is 16.6 Å². The van der Waals surface area contributed by atoms with E-state index in [1.54, 1.807) is 24.6 Å². The minimum Gasteiger partial charge on any atom is -0.369 e. The molecule has 1 N–H and O–H groups in total. The number of rotatable bonds is 5. The number of aromatic nitrogens is 1. The molecule has 1 aromatic heterocycles. The molecular weight excluding hydrogens is 220 g/mol. The highest BCUT2D eigenvalue weighted by Gasteiger charge is 1.98. The zero-order valence-corrected chi connectivity index (χ0v) is 9.57. The molecule has 1 heterocycles. The molecule has 1 rings (SSSR count). The minimum atomic E-state index is -0.722. The molecule has 14 heavy (non-hydrogen) atoms. The average Bonchev–Trinajstić information content (AvgIpc) is 2.15. The van der Waals surface area contributed by atoms with Crippen LogP contribution in [0.3, 0.4) is 0 Å². The topological polar surface area (TPSA) is 42.0 Å². The first-order valence-corrected chi connectivity index (χ1v) is 6.45. The second-order valence-corrected chi connectivity index (χ2v) is 4.85. The molecule has 0 amide bonds. The van der Waals surface area contributed by atoms with Crippen LogP contribution in [0.15, 0.2) is 18.3 Å². The van der Waals surface area contributed by atoms with Gasteiger partial charge >= 0.3 is 0 Å². The van der Waals surface area contributed by atoms with Gasteiger partial charge in [0.2, 0.25) is 0 Å². The highest BCUT2D eigenvalue weighted by Crippen LogP contribution is 2.16. The number of hydrogen-bond donors (Lipinski definition) is 1. The van der Waals surface area contributed by atoms with Gasteiger partial charge < -0.3 is 5.32 Å². The minimum absolute atomic E-state index is 0.616. The maximum absolute atomic E-state index is 10.8. The fourth-order valence-electron chi connectivity index (χ4n) is 0.998. The first-order chi connectivity index (χ1) is 6.70. The normalized spacial score (nSPS) is 12.4. The predicted molar refractivity (Wildman–Crippen MR) is 61.3 cm³/mol. The van der Waals surface area contributed by atoms with E-state index < -0.39 is 10.8 Å². The van der Waals surface area contributed by atoms with E-state index in [4.69, 9.17) is 11.6 Å². The van der Waals surface area contributed by atoms with Gasteiger partial charge in [0.1, 0.15) is 5.82 Å². The molecule has 0 radical (unpaired) electrons. The third-order valence-electron chi connectivity index (χ3n) is 1.66. The summed E-state index contributed by atoms with van der Waals surface area (Å²) >= 11 is 5.88. The van der Waals surface area contributed by atoms with Crippen molar-refractivity contribution in [3.05, 3.63) is 23.4 Å². The lowest BCUT2D eigenvalue weighted by atomic mass is 10.4. The van der Waals surface area contributed by atoms with Gasteiger partial charge in [-0.25, -0.2) is 4.98 Å². The fourth-order valence-corrected chi connectivity index (χ4v) is 1.74. The molecule has 1 unspecified atom stereocenters. The van der Waals surface area contributed by atoms with Crippen LogP contribution in [0, 0.1) is 0 Å². The third-order valence-corrected chi connectivity index (χ3v) is 2.83. The molecule has 0 aromatic carbocycles. The molecule has 0 bridgehead atoms. The van der Waals surface area contributed by atoms with Gasteiger partial charge in [0.05, 0.1) is 5.02 Å². The molecule has 1 atom stereocenters. The summed E-state index contributed by atoms with van der Waals surface area (Å²) in [4.78, 5) is 4.08. The third kappa shape index (κ3) is 4.07. The molecule has 78 valence electrons. The number of nitrogens with one attached hydrogen (secondary N) is 1. The van der Waals surface area contributed by atoms with E-state index in [2.05, 4.69) is 10.3 Å². The predicted octanol–water partition coefficient (Wildman–Crippen LogP) is 1.92. The second-order valence-electron chi connectivity index (χ2n) is 2.89. The van der Waals surface area contributed by atoms with Crippen molar-refractivity contribution in [1.29, 1.82) is 0 Å². The van der Waals surface area contributed by atoms with Crippen LogP contribution in [0.2, 0.25) is 5.02 Å². The van der Waals surface area contributed by atoms with Gasteiger partial charge in [-0.05, 0) is 18.6 Å². The Bertz CT molecular complexity index is 319. The van der Waals surface area contributed by atoms with Crippen molar-refractivity contribution in [3.63, 3.8) is 0 Å². The van der Waals surface area contributed by atoms with Crippen LogP contribution in [0.25, 0.3) is 0 Å². The summed E-state index contributed by atoms with van der Waals surface area (Å²) < 4.78 is 10.8. The van der Waals surface area contributed by atoms with Crippen LogP contribution >= 0.6 is 11.6 Å². The zero-order valence-electron chi connectivity index (χ0n) is 8.00. The summed E-state index contributed by atoms with van der Waals surface area (Å²) in [5, 5.41) is 3.71. The summed E-state index contributed by atoms with van der Waals surface area (Å²) in [5.41, 5.74) is 0. The molecule has 0 aliphatic rings. The van der Waals surface area contributed by atoms with Crippen molar-refractivity contribution in [2.75, 3.05) is 23.9 Å². The van der Waals surface area contributed by atoms with Crippen molar-refractivity contribution in [3.8, 4) is 0 Å². The second kappa shape index (κ2) is 5.98. The molecule has 1 aromatic rings.